The number of Topliss-reactive ketones (excluding diaryl/α,β-unsaturated/α-hetero) is 2. The molecule has 0 saturated carbocycles. The highest BCUT2D eigenvalue weighted by atomic mass is 35.5. The van der Waals surface area contributed by atoms with E-state index in [1.165, 1.54) is 0 Å². The molecule has 1 atom stereocenters. The van der Waals surface area contributed by atoms with Crippen LogP contribution in [0.2, 0.25) is 0 Å². The lowest BCUT2D eigenvalue weighted by Gasteiger charge is -2.17. The lowest BCUT2D eigenvalue weighted by Crippen LogP contribution is -2.35. The van der Waals surface area contributed by atoms with Crippen LogP contribution < -0.4 is 0 Å². The fraction of sp³-hybridized carbons (Fsp3) is 0.222. The summed E-state index contributed by atoms with van der Waals surface area (Å²) < 4.78 is 0. The van der Waals surface area contributed by atoms with Crippen LogP contribution in [0, 0.1) is 5.92 Å². The summed E-state index contributed by atoms with van der Waals surface area (Å²) in [6, 6.07) is 0. The van der Waals surface area contributed by atoms with E-state index in [1.807, 2.05) is 6.08 Å². The van der Waals surface area contributed by atoms with Crippen molar-refractivity contribution in [1.82, 2.24) is 0 Å². The van der Waals surface area contributed by atoms with Crippen molar-refractivity contribution in [1.29, 1.82) is 0 Å². The highest BCUT2D eigenvalue weighted by molar-refractivity contribution is 6.45. The standard InChI is InChI=1S/C9H7NO2.ClH/c11-8-5-10-7-4-2-1-3-6(7)9(8)12;/h1-4,6H,5H2;1H. The van der Waals surface area contributed by atoms with Gasteiger partial charge in [-0.3, -0.25) is 14.6 Å². The molecule has 0 fully saturated rings. The quantitative estimate of drug-likeness (QED) is 0.538. The van der Waals surface area contributed by atoms with Gasteiger partial charge in [-0.1, -0.05) is 18.2 Å². The minimum absolute atomic E-state index is 0. The molecule has 0 saturated heterocycles. The molecular formula is C9H8ClNO2. The summed E-state index contributed by atoms with van der Waals surface area (Å²) >= 11 is 0. The lowest BCUT2D eigenvalue weighted by atomic mass is 9.89. The maximum atomic E-state index is 11.2. The van der Waals surface area contributed by atoms with Crippen LogP contribution in [0.1, 0.15) is 0 Å². The van der Waals surface area contributed by atoms with E-state index >= 15 is 0 Å². The van der Waals surface area contributed by atoms with Crippen molar-refractivity contribution in [3.63, 3.8) is 0 Å². The van der Waals surface area contributed by atoms with Gasteiger partial charge < -0.3 is 0 Å². The Morgan fingerprint density at radius 2 is 2.08 bits per heavy atom. The van der Waals surface area contributed by atoms with Gasteiger partial charge in [0.25, 0.3) is 0 Å². The van der Waals surface area contributed by atoms with Gasteiger partial charge in [0.15, 0.2) is 0 Å². The van der Waals surface area contributed by atoms with Crippen LogP contribution in [0.4, 0.5) is 0 Å². The summed E-state index contributed by atoms with van der Waals surface area (Å²) in [7, 11) is 0. The van der Waals surface area contributed by atoms with Crippen LogP contribution in [0.5, 0.6) is 0 Å². The van der Waals surface area contributed by atoms with E-state index < -0.39 is 5.92 Å². The summed E-state index contributed by atoms with van der Waals surface area (Å²) in [5, 5.41) is 0. The Labute approximate surface area is 81.6 Å². The number of hydrogen-bond donors (Lipinski definition) is 0. The van der Waals surface area contributed by atoms with Crippen molar-refractivity contribution < 1.29 is 9.59 Å². The molecule has 0 aromatic heterocycles. The molecule has 0 bridgehead atoms. The van der Waals surface area contributed by atoms with Crippen molar-refractivity contribution in [2.24, 2.45) is 10.9 Å². The number of nitrogens with zero attached hydrogens (tertiary/aromatic N) is 1. The highest BCUT2D eigenvalue weighted by Gasteiger charge is 2.30. The largest absolute Gasteiger partial charge is 0.290 e. The van der Waals surface area contributed by atoms with E-state index in [9.17, 15) is 9.59 Å². The van der Waals surface area contributed by atoms with Gasteiger partial charge in [0.1, 0.15) is 6.54 Å². The van der Waals surface area contributed by atoms with Crippen molar-refractivity contribution in [3.8, 4) is 0 Å². The fourth-order valence-corrected chi connectivity index (χ4v) is 1.32. The molecule has 0 spiro atoms. The predicted molar refractivity (Wildman–Crippen MR) is 51.3 cm³/mol. The molecule has 4 heteroatoms. The monoisotopic (exact) mass is 197 g/mol. The fourth-order valence-electron chi connectivity index (χ4n) is 1.32. The molecule has 1 unspecified atom stereocenters. The first-order chi connectivity index (χ1) is 5.79. The molecule has 2 aliphatic rings. The van der Waals surface area contributed by atoms with Crippen LogP contribution in [0.25, 0.3) is 0 Å². The smallest absolute Gasteiger partial charge is 0.220 e. The van der Waals surface area contributed by atoms with Gasteiger partial charge in [-0.2, -0.15) is 0 Å². The minimum Gasteiger partial charge on any atom is -0.290 e. The molecule has 0 aromatic rings. The molecule has 2 rings (SSSR count). The number of carbonyl (C=O) groups is 2. The van der Waals surface area contributed by atoms with E-state index in [4.69, 9.17) is 0 Å². The molecule has 3 nitrogen and oxygen atoms in total. The van der Waals surface area contributed by atoms with Gasteiger partial charge in [0.2, 0.25) is 11.6 Å². The molecule has 68 valence electrons. The number of hydrogen-bond acceptors (Lipinski definition) is 3. The number of rotatable bonds is 0. The van der Waals surface area contributed by atoms with Gasteiger partial charge in [0, 0.05) is 0 Å². The minimum atomic E-state index is -0.406. The van der Waals surface area contributed by atoms with Crippen molar-refractivity contribution in [2.45, 2.75) is 0 Å². The number of ketones is 2. The SMILES string of the molecule is Cl.O=C1CN=C2C=CC=CC2C1=O. The molecule has 1 aliphatic heterocycles. The zero-order chi connectivity index (χ0) is 8.55. The van der Waals surface area contributed by atoms with Gasteiger partial charge in [0.05, 0.1) is 11.6 Å². The first-order valence-corrected chi connectivity index (χ1v) is 3.75. The molecule has 0 amide bonds. The molecule has 1 aliphatic carbocycles. The number of fused-ring (bicyclic) bond motifs is 1. The Kier molecular flexibility index (Phi) is 2.78. The molecule has 1 heterocycles. The Hall–Kier alpha value is -1.22. The Balaban J connectivity index is 0.000000845. The number of aliphatic imine (C=N–C) groups is 1. The van der Waals surface area contributed by atoms with Gasteiger partial charge >= 0.3 is 0 Å². The average molecular weight is 198 g/mol. The predicted octanol–water partition coefficient (Wildman–Crippen LogP) is 0.743. The zero-order valence-corrected chi connectivity index (χ0v) is 7.58. The van der Waals surface area contributed by atoms with Gasteiger partial charge in [-0.05, 0) is 6.08 Å². The van der Waals surface area contributed by atoms with Crippen LogP contribution in [0.3, 0.4) is 0 Å². The normalized spacial score (nSPS) is 24.9. The second-order valence-corrected chi connectivity index (χ2v) is 2.75. The van der Waals surface area contributed by atoms with Crippen LogP contribution in [-0.2, 0) is 9.59 Å². The van der Waals surface area contributed by atoms with Crippen LogP contribution in [0.15, 0.2) is 29.3 Å². The van der Waals surface area contributed by atoms with Crippen molar-refractivity contribution in [2.75, 3.05) is 6.54 Å². The van der Waals surface area contributed by atoms with Crippen LogP contribution >= 0.6 is 12.4 Å². The first-order valence-electron chi connectivity index (χ1n) is 3.75. The third kappa shape index (κ3) is 1.60. The number of allylic oxidation sites excluding steroid dienone is 4. The Morgan fingerprint density at radius 1 is 1.31 bits per heavy atom. The van der Waals surface area contributed by atoms with E-state index in [0.717, 1.165) is 0 Å². The second-order valence-electron chi connectivity index (χ2n) is 2.75. The molecular weight excluding hydrogens is 190 g/mol. The summed E-state index contributed by atoms with van der Waals surface area (Å²) in [6.07, 6.45) is 7.06. The van der Waals surface area contributed by atoms with Gasteiger partial charge in [-0.15, -0.1) is 12.4 Å². The topological polar surface area (TPSA) is 46.5 Å². The van der Waals surface area contributed by atoms with Gasteiger partial charge in [-0.25, -0.2) is 0 Å². The highest BCUT2D eigenvalue weighted by Crippen LogP contribution is 2.15. The summed E-state index contributed by atoms with van der Waals surface area (Å²) in [6.45, 7) is 0.0167. The number of carbonyl (C=O) groups excluding carboxylic acids is 2. The van der Waals surface area contributed by atoms with E-state index in [0.29, 0.717) is 5.71 Å². The van der Waals surface area contributed by atoms with E-state index in [2.05, 4.69) is 4.99 Å². The number of halogens is 1. The maximum absolute atomic E-state index is 11.2. The molecule has 0 radical (unpaired) electrons. The molecule has 0 N–H and O–H groups in total. The van der Waals surface area contributed by atoms with E-state index in [1.54, 1.807) is 18.2 Å². The maximum Gasteiger partial charge on any atom is 0.220 e. The summed E-state index contributed by atoms with van der Waals surface area (Å²) in [5.74, 6) is -1.12. The Bertz CT molecular complexity index is 342. The third-order valence-corrected chi connectivity index (χ3v) is 1.96. The third-order valence-electron chi connectivity index (χ3n) is 1.96. The van der Waals surface area contributed by atoms with E-state index in [-0.39, 0.29) is 30.5 Å². The lowest BCUT2D eigenvalue weighted by molar-refractivity contribution is -0.136. The zero-order valence-electron chi connectivity index (χ0n) is 6.77. The molecule has 0 aromatic carbocycles. The second kappa shape index (κ2) is 3.66. The molecule has 13 heavy (non-hydrogen) atoms. The Morgan fingerprint density at radius 3 is 2.85 bits per heavy atom. The van der Waals surface area contributed by atoms with Crippen molar-refractivity contribution in [3.05, 3.63) is 24.3 Å². The average Bonchev–Trinajstić information content (AvgIpc) is 2.12. The summed E-state index contributed by atoms with van der Waals surface area (Å²) in [4.78, 5) is 26.2. The first kappa shape index (κ1) is 9.86. The summed E-state index contributed by atoms with van der Waals surface area (Å²) in [5.41, 5.74) is 0.710. The van der Waals surface area contributed by atoms with Crippen LogP contribution in [-0.4, -0.2) is 23.8 Å². The van der Waals surface area contributed by atoms with Crippen molar-refractivity contribution >= 4 is 29.7 Å².